The van der Waals surface area contributed by atoms with E-state index in [1.54, 1.807) is 0 Å². The minimum atomic E-state index is 0.464. The lowest BCUT2D eigenvalue weighted by molar-refractivity contribution is 0.0871. The Kier molecular flexibility index (Phi) is 4.83. The molecule has 3 heteroatoms. The van der Waals surface area contributed by atoms with E-state index in [2.05, 4.69) is 31.0 Å². The lowest BCUT2D eigenvalue weighted by Gasteiger charge is -2.33. The summed E-state index contributed by atoms with van der Waals surface area (Å²) in [5, 5.41) is 3.61. The van der Waals surface area contributed by atoms with Crippen LogP contribution in [0.15, 0.2) is 0 Å². The predicted molar refractivity (Wildman–Crippen MR) is 71.2 cm³/mol. The standard InChI is InChI=1S/C14H28N2O/c1-11-8-15-12(2)4-6-16(9-11)10-14-5-7-17-13(14)3/h11-15H,4-10H2,1-3H3. The average Bonchev–Trinajstić information content (AvgIpc) is 2.67. The average molecular weight is 240 g/mol. The Balaban J connectivity index is 1.84. The Morgan fingerprint density at radius 3 is 2.76 bits per heavy atom. The van der Waals surface area contributed by atoms with Gasteiger partial charge in [-0.1, -0.05) is 6.92 Å². The number of nitrogens with one attached hydrogen (secondary N) is 1. The first-order valence-electron chi connectivity index (χ1n) is 7.22. The van der Waals surface area contributed by atoms with Crippen LogP contribution in [0.1, 0.15) is 33.6 Å². The molecule has 0 aromatic carbocycles. The quantitative estimate of drug-likeness (QED) is 0.795. The van der Waals surface area contributed by atoms with Crippen LogP contribution in [0.5, 0.6) is 0 Å². The molecule has 17 heavy (non-hydrogen) atoms. The van der Waals surface area contributed by atoms with Gasteiger partial charge in [-0.05, 0) is 51.6 Å². The van der Waals surface area contributed by atoms with Crippen LogP contribution in [-0.4, -0.2) is 49.8 Å². The smallest absolute Gasteiger partial charge is 0.0588 e. The molecule has 0 amide bonds. The van der Waals surface area contributed by atoms with Crippen LogP contribution in [0.25, 0.3) is 0 Å². The van der Waals surface area contributed by atoms with E-state index in [1.807, 2.05) is 0 Å². The topological polar surface area (TPSA) is 24.5 Å². The molecule has 2 aliphatic rings. The van der Waals surface area contributed by atoms with Gasteiger partial charge in [0.2, 0.25) is 0 Å². The zero-order chi connectivity index (χ0) is 12.3. The predicted octanol–water partition coefficient (Wildman–Crippen LogP) is 1.73. The van der Waals surface area contributed by atoms with E-state index in [1.165, 1.54) is 32.5 Å². The van der Waals surface area contributed by atoms with E-state index in [9.17, 15) is 0 Å². The molecule has 0 spiro atoms. The molecule has 2 aliphatic heterocycles. The summed E-state index contributed by atoms with van der Waals surface area (Å²) in [6.07, 6.45) is 2.99. The van der Waals surface area contributed by atoms with Crippen molar-refractivity contribution in [2.24, 2.45) is 11.8 Å². The summed E-state index contributed by atoms with van der Waals surface area (Å²) >= 11 is 0. The van der Waals surface area contributed by atoms with Gasteiger partial charge in [0.15, 0.2) is 0 Å². The van der Waals surface area contributed by atoms with Gasteiger partial charge in [0, 0.05) is 25.7 Å². The van der Waals surface area contributed by atoms with Crippen molar-refractivity contribution in [1.29, 1.82) is 0 Å². The minimum absolute atomic E-state index is 0.464. The molecular formula is C14H28N2O. The highest BCUT2D eigenvalue weighted by Gasteiger charge is 2.27. The van der Waals surface area contributed by atoms with E-state index >= 15 is 0 Å². The molecule has 2 fully saturated rings. The lowest BCUT2D eigenvalue weighted by Crippen LogP contribution is -2.44. The first-order chi connectivity index (χ1) is 8.15. The van der Waals surface area contributed by atoms with E-state index in [0.29, 0.717) is 12.1 Å². The fourth-order valence-electron chi connectivity index (χ4n) is 2.99. The zero-order valence-electron chi connectivity index (χ0n) is 11.6. The molecule has 100 valence electrons. The van der Waals surface area contributed by atoms with Gasteiger partial charge in [0.05, 0.1) is 6.10 Å². The van der Waals surface area contributed by atoms with Crippen LogP contribution in [0, 0.1) is 11.8 Å². The minimum Gasteiger partial charge on any atom is -0.378 e. The van der Waals surface area contributed by atoms with Crippen LogP contribution in [0.3, 0.4) is 0 Å². The second-order valence-corrected chi connectivity index (χ2v) is 6.09. The molecule has 4 atom stereocenters. The molecule has 1 N–H and O–H groups in total. The van der Waals surface area contributed by atoms with Gasteiger partial charge < -0.3 is 15.0 Å². The van der Waals surface area contributed by atoms with Crippen molar-refractivity contribution in [3.8, 4) is 0 Å². The normalized spacial score (nSPS) is 41.1. The van der Waals surface area contributed by atoms with Gasteiger partial charge in [-0.3, -0.25) is 0 Å². The SMILES string of the molecule is CC1CNC(C)CCN(CC2CCOC2C)C1. The van der Waals surface area contributed by atoms with Crippen molar-refractivity contribution >= 4 is 0 Å². The van der Waals surface area contributed by atoms with Gasteiger partial charge in [0.1, 0.15) is 0 Å². The Labute approximate surface area is 106 Å². The van der Waals surface area contributed by atoms with Crippen LogP contribution < -0.4 is 5.32 Å². The molecule has 2 heterocycles. The van der Waals surface area contributed by atoms with Gasteiger partial charge >= 0.3 is 0 Å². The van der Waals surface area contributed by atoms with Gasteiger partial charge in [-0.25, -0.2) is 0 Å². The molecule has 0 aromatic heterocycles. The van der Waals surface area contributed by atoms with E-state index in [4.69, 9.17) is 4.74 Å². The fraction of sp³-hybridized carbons (Fsp3) is 1.00. The molecule has 2 saturated heterocycles. The Morgan fingerprint density at radius 2 is 2.06 bits per heavy atom. The van der Waals surface area contributed by atoms with Crippen LogP contribution >= 0.6 is 0 Å². The monoisotopic (exact) mass is 240 g/mol. The van der Waals surface area contributed by atoms with E-state index in [0.717, 1.165) is 25.0 Å². The summed E-state index contributed by atoms with van der Waals surface area (Å²) in [6, 6.07) is 0.664. The van der Waals surface area contributed by atoms with Gasteiger partial charge in [-0.2, -0.15) is 0 Å². The highest BCUT2D eigenvalue weighted by molar-refractivity contribution is 4.79. The Hall–Kier alpha value is -0.120. The van der Waals surface area contributed by atoms with E-state index < -0.39 is 0 Å². The molecule has 3 nitrogen and oxygen atoms in total. The second-order valence-electron chi connectivity index (χ2n) is 6.09. The third-order valence-corrected chi connectivity index (χ3v) is 4.29. The maximum Gasteiger partial charge on any atom is 0.0588 e. The largest absolute Gasteiger partial charge is 0.378 e. The third kappa shape index (κ3) is 3.94. The fourth-order valence-corrected chi connectivity index (χ4v) is 2.99. The Bertz CT molecular complexity index is 234. The van der Waals surface area contributed by atoms with Crippen molar-refractivity contribution in [3.63, 3.8) is 0 Å². The number of hydrogen-bond donors (Lipinski definition) is 1. The zero-order valence-corrected chi connectivity index (χ0v) is 11.6. The molecule has 0 bridgehead atoms. The van der Waals surface area contributed by atoms with Crippen molar-refractivity contribution in [2.45, 2.75) is 45.8 Å². The molecule has 2 rings (SSSR count). The summed E-state index contributed by atoms with van der Waals surface area (Å²) in [4.78, 5) is 2.66. The summed E-state index contributed by atoms with van der Waals surface area (Å²) in [5.74, 6) is 1.51. The number of hydrogen-bond acceptors (Lipinski definition) is 3. The Morgan fingerprint density at radius 1 is 1.24 bits per heavy atom. The molecule has 0 aromatic rings. The first-order valence-corrected chi connectivity index (χ1v) is 7.22. The van der Waals surface area contributed by atoms with Crippen molar-refractivity contribution in [2.75, 3.05) is 32.8 Å². The lowest BCUT2D eigenvalue weighted by atomic mass is 10.00. The maximum absolute atomic E-state index is 5.67. The second kappa shape index (κ2) is 6.17. The summed E-state index contributed by atoms with van der Waals surface area (Å²) in [5.41, 5.74) is 0. The van der Waals surface area contributed by atoms with Crippen molar-refractivity contribution in [1.82, 2.24) is 10.2 Å². The van der Waals surface area contributed by atoms with Crippen molar-refractivity contribution < 1.29 is 4.74 Å². The number of rotatable bonds is 2. The molecule has 0 aliphatic carbocycles. The summed E-state index contributed by atoms with van der Waals surface area (Å²) in [7, 11) is 0. The molecule has 0 saturated carbocycles. The van der Waals surface area contributed by atoms with Crippen LogP contribution in [0.4, 0.5) is 0 Å². The number of ether oxygens (including phenoxy) is 1. The van der Waals surface area contributed by atoms with E-state index in [-0.39, 0.29) is 0 Å². The first kappa shape index (κ1) is 13.3. The highest BCUT2D eigenvalue weighted by atomic mass is 16.5. The summed E-state index contributed by atoms with van der Waals surface area (Å²) < 4.78 is 5.67. The molecule has 4 unspecified atom stereocenters. The van der Waals surface area contributed by atoms with Crippen LogP contribution in [-0.2, 0) is 4.74 Å². The molecular weight excluding hydrogens is 212 g/mol. The van der Waals surface area contributed by atoms with Gasteiger partial charge in [-0.15, -0.1) is 0 Å². The summed E-state index contributed by atoms with van der Waals surface area (Å²) in [6.45, 7) is 12.7. The van der Waals surface area contributed by atoms with Gasteiger partial charge in [0.25, 0.3) is 0 Å². The van der Waals surface area contributed by atoms with Crippen molar-refractivity contribution in [3.05, 3.63) is 0 Å². The van der Waals surface area contributed by atoms with Crippen LogP contribution in [0.2, 0.25) is 0 Å². The third-order valence-electron chi connectivity index (χ3n) is 4.29. The maximum atomic E-state index is 5.67. The molecule has 0 radical (unpaired) electrons. The number of nitrogens with zero attached hydrogens (tertiary/aromatic N) is 1. The highest BCUT2D eigenvalue weighted by Crippen LogP contribution is 2.22.